The molecule has 2 heterocycles. The summed E-state index contributed by atoms with van der Waals surface area (Å²) in [6.07, 6.45) is 8.23. The molecule has 3 aliphatic rings. The fraction of sp³-hybridized carbons (Fsp3) is 0.480. The van der Waals surface area contributed by atoms with Crippen LogP contribution >= 0.6 is 11.8 Å². The smallest absolute Gasteiger partial charge is 0.179 e. The molecule has 2 aromatic rings. The highest BCUT2D eigenvalue weighted by atomic mass is 127. The highest BCUT2D eigenvalue weighted by Crippen LogP contribution is 2.51. The van der Waals surface area contributed by atoms with E-state index in [1.165, 1.54) is 58.2 Å². The van der Waals surface area contributed by atoms with Crippen LogP contribution in [0.15, 0.2) is 46.3 Å². The third-order valence-corrected chi connectivity index (χ3v) is 8.56. The van der Waals surface area contributed by atoms with Gasteiger partial charge in [-0.15, -0.1) is 0 Å². The molecular weight excluding hydrogens is 487 g/mol. The lowest BCUT2D eigenvalue weighted by atomic mass is 9.83. The molecule has 0 N–H and O–H groups in total. The third-order valence-electron chi connectivity index (χ3n) is 7.39. The number of hydrogen-bond donors (Lipinski definition) is 0. The van der Waals surface area contributed by atoms with Crippen LogP contribution in [-0.2, 0) is 0 Å². The van der Waals surface area contributed by atoms with Crippen molar-refractivity contribution in [2.24, 2.45) is 17.8 Å². The molecule has 4 unspecified atom stereocenters. The van der Waals surface area contributed by atoms with Crippen LogP contribution in [0.25, 0.3) is 6.08 Å². The number of para-hydroxylation sites is 1. The first-order valence-electron chi connectivity index (χ1n) is 10.8. The first-order chi connectivity index (χ1) is 13.5. The van der Waals surface area contributed by atoms with E-state index in [1.54, 1.807) is 0 Å². The summed E-state index contributed by atoms with van der Waals surface area (Å²) in [6.45, 7) is 7.04. The molecule has 1 aromatic heterocycles. The molecule has 29 heavy (non-hydrogen) atoms. The van der Waals surface area contributed by atoms with E-state index < -0.39 is 0 Å². The summed E-state index contributed by atoms with van der Waals surface area (Å²) < 4.78 is 2.60. The van der Waals surface area contributed by atoms with Crippen molar-refractivity contribution >= 4 is 23.5 Å². The van der Waals surface area contributed by atoms with Crippen LogP contribution in [0.2, 0.25) is 0 Å². The second kappa shape index (κ2) is 8.26. The van der Waals surface area contributed by atoms with Crippen LogP contribution in [0.5, 0.6) is 0 Å². The minimum absolute atomic E-state index is 0. The van der Waals surface area contributed by atoms with Gasteiger partial charge in [-0.25, -0.2) is 0 Å². The van der Waals surface area contributed by atoms with Crippen molar-refractivity contribution in [1.82, 2.24) is 0 Å². The maximum Gasteiger partial charge on any atom is 0.179 e. The molecule has 2 fully saturated rings. The number of thioether (sulfide) groups is 1. The predicted octanol–water partition coefficient (Wildman–Crippen LogP) is 3.13. The number of halogens is 1. The Kier molecular flexibility index (Phi) is 6.04. The van der Waals surface area contributed by atoms with Gasteiger partial charge in [0.25, 0.3) is 0 Å². The number of hydrogen-bond acceptors (Lipinski definition) is 2. The number of fused-ring (bicyclic) bond motifs is 3. The number of aryl methyl sites for hydroxylation is 2. The number of pyridine rings is 1. The van der Waals surface area contributed by atoms with E-state index in [2.05, 4.69) is 79.8 Å². The Bertz CT molecular complexity index is 931. The van der Waals surface area contributed by atoms with Crippen molar-refractivity contribution in [3.8, 4) is 0 Å². The Labute approximate surface area is 196 Å². The minimum Gasteiger partial charge on any atom is -1.00 e. The summed E-state index contributed by atoms with van der Waals surface area (Å²) >= 11 is 1.87. The van der Waals surface area contributed by atoms with E-state index in [1.807, 2.05) is 11.8 Å². The lowest BCUT2D eigenvalue weighted by Gasteiger charge is -2.26. The van der Waals surface area contributed by atoms with Gasteiger partial charge in [-0.1, -0.05) is 30.3 Å². The molecule has 1 aliphatic heterocycles. The molecule has 5 rings (SSSR count). The van der Waals surface area contributed by atoms with Gasteiger partial charge in [0, 0.05) is 43.8 Å². The molecule has 0 saturated heterocycles. The van der Waals surface area contributed by atoms with Crippen LogP contribution in [0.1, 0.15) is 55.6 Å². The van der Waals surface area contributed by atoms with Crippen LogP contribution in [-0.4, -0.2) is 7.05 Å². The summed E-state index contributed by atoms with van der Waals surface area (Å²) in [7, 11) is 2.17. The fourth-order valence-electron chi connectivity index (χ4n) is 6.13. The van der Waals surface area contributed by atoms with Crippen molar-refractivity contribution < 1.29 is 28.5 Å². The van der Waals surface area contributed by atoms with Crippen LogP contribution in [0.4, 0.5) is 5.69 Å². The molecule has 154 valence electrons. The zero-order chi connectivity index (χ0) is 19.4. The zero-order valence-electron chi connectivity index (χ0n) is 17.9. The molecule has 2 nitrogen and oxygen atoms in total. The summed E-state index contributed by atoms with van der Waals surface area (Å²) in [4.78, 5) is 3.66. The maximum absolute atomic E-state index is 2.60. The van der Waals surface area contributed by atoms with Gasteiger partial charge in [-0.05, 0) is 61.8 Å². The largest absolute Gasteiger partial charge is 1.00 e. The topological polar surface area (TPSA) is 7.12 Å². The second-order valence-electron chi connectivity index (χ2n) is 9.13. The molecule has 0 spiro atoms. The van der Waals surface area contributed by atoms with Crippen molar-refractivity contribution in [2.75, 3.05) is 11.9 Å². The average molecular weight is 519 g/mol. The quantitative estimate of drug-likeness (QED) is 0.456. The van der Waals surface area contributed by atoms with Gasteiger partial charge in [-0.2, -0.15) is 4.57 Å². The molecule has 2 bridgehead atoms. The lowest BCUT2D eigenvalue weighted by Crippen LogP contribution is -3.00. The Morgan fingerprint density at radius 1 is 1.10 bits per heavy atom. The monoisotopic (exact) mass is 518 g/mol. The standard InChI is InChI=1S/C25H31N2S.HI/c1-16-11-20(15-25-26(4)23-7-5-6-8-24(23)28-25)12-17(2)27(16)18(3)22-14-19-9-10-21(22)13-19;/h5-8,11-12,15,18-19,21-22H,9-10,13-14H2,1-4H3;1H/q+1;/p-1. The number of nitrogens with zero attached hydrogens (tertiary/aromatic N) is 2. The fourth-order valence-corrected chi connectivity index (χ4v) is 7.24. The lowest BCUT2D eigenvalue weighted by molar-refractivity contribution is -0.738. The summed E-state index contributed by atoms with van der Waals surface area (Å²) in [5.74, 6) is 2.85. The Morgan fingerprint density at radius 3 is 2.45 bits per heavy atom. The van der Waals surface area contributed by atoms with Gasteiger partial charge in [0.05, 0.1) is 10.7 Å². The summed E-state index contributed by atoms with van der Waals surface area (Å²) in [6, 6.07) is 14.0. The first kappa shape index (κ1) is 21.2. The minimum atomic E-state index is 0. The SMILES string of the molecule is Cc1cc(/C=C2\Sc3ccccc3N2C)cc(C)[n+]1C(C)C1CC2CCC1C2.[I-]. The van der Waals surface area contributed by atoms with E-state index in [4.69, 9.17) is 0 Å². The number of anilines is 1. The summed E-state index contributed by atoms with van der Waals surface area (Å²) in [5, 5.41) is 1.30. The highest BCUT2D eigenvalue weighted by Gasteiger charge is 2.45. The number of rotatable bonds is 3. The normalized spacial score (nSPS) is 27.2. The Morgan fingerprint density at radius 2 is 1.83 bits per heavy atom. The number of aromatic nitrogens is 1. The molecule has 2 saturated carbocycles. The molecule has 2 aliphatic carbocycles. The van der Waals surface area contributed by atoms with E-state index in [0.29, 0.717) is 6.04 Å². The van der Waals surface area contributed by atoms with Gasteiger partial charge in [0.1, 0.15) is 0 Å². The Balaban J connectivity index is 0.00000205. The average Bonchev–Trinajstić information content (AvgIpc) is 3.37. The van der Waals surface area contributed by atoms with Gasteiger partial charge in [0.15, 0.2) is 17.4 Å². The van der Waals surface area contributed by atoms with Gasteiger partial charge in [0.2, 0.25) is 0 Å². The molecule has 0 amide bonds. The molecular formula is C25H31IN2S. The van der Waals surface area contributed by atoms with Crippen LogP contribution < -0.4 is 33.4 Å². The van der Waals surface area contributed by atoms with E-state index in [0.717, 1.165) is 17.8 Å². The molecule has 4 atom stereocenters. The van der Waals surface area contributed by atoms with Gasteiger partial charge < -0.3 is 28.9 Å². The molecule has 4 heteroatoms. The van der Waals surface area contributed by atoms with E-state index in [-0.39, 0.29) is 24.0 Å². The van der Waals surface area contributed by atoms with Gasteiger partial charge in [-0.3, -0.25) is 0 Å². The van der Waals surface area contributed by atoms with E-state index in [9.17, 15) is 0 Å². The zero-order valence-corrected chi connectivity index (χ0v) is 20.8. The van der Waals surface area contributed by atoms with Crippen molar-refractivity contribution in [3.05, 3.63) is 58.4 Å². The number of benzene rings is 1. The predicted molar refractivity (Wildman–Crippen MR) is 118 cm³/mol. The van der Waals surface area contributed by atoms with Crippen molar-refractivity contribution in [2.45, 2.75) is 57.4 Å². The highest BCUT2D eigenvalue weighted by molar-refractivity contribution is 8.03. The van der Waals surface area contributed by atoms with Crippen molar-refractivity contribution in [3.63, 3.8) is 0 Å². The second-order valence-corrected chi connectivity index (χ2v) is 10.2. The van der Waals surface area contributed by atoms with Crippen molar-refractivity contribution in [1.29, 1.82) is 0 Å². The summed E-state index contributed by atoms with van der Waals surface area (Å²) in [5.41, 5.74) is 5.41. The van der Waals surface area contributed by atoms with Gasteiger partial charge >= 0.3 is 0 Å². The van der Waals surface area contributed by atoms with Crippen LogP contribution in [0.3, 0.4) is 0 Å². The first-order valence-corrected chi connectivity index (χ1v) is 11.6. The van der Waals surface area contributed by atoms with Crippen LogP contribution in [0, 0.1) is 31.6 Å². The molecule has 0 radical (unpaired) electrons. The maximum atomic E-state index is 2.60. The van der Waals surface area contributed by atoms with E-state index >= 15 is 0 Å². The third kappa shape index (κ3) is 3.76. The Hall–Kier alpha value is -1.01. The molecule has 1 aromatic carbocycles.